The fourth-order valence-corrected chi connectivity index (χ4v) is 0.991. The van der Waals surface area contributed by atoms with Gasteiger partial charge in [0.15, 0.2) is 0 Å². The van der Waals surface area contributed by atoms with Crippen molar-refractivity contribution in [3.05, 3.63) is 0 Å². The van der Waals surface area contributed by atoms with Crippen molar-refractivity contribution in [3.63, 3.8) is 0 Å². The fraction of sp³-hybridized carbons (Fsp3) is 0.909. The summed E-state index contributed by atoms with van der Waals surface area (Å²) in [5, 5.41) is 8.96. The summed E-state index contributed by atoms with van der Waals surface area (Å²) in [5.41, 5.74) is -0.289. The van der Waals surface area contributed by atoms with Gasteiger partial charge in [-0.3, -0.25) is 0 Å². The molecule has 0 aliphatic rings. The summed E-state index contributed by atoms with van der Waals surface area (Å²) in [6.45, 7) is 8.18. The van der Waals surface area contributed by atoms with E-state index in [-0.39, 0.29) is 11.0 Å². The molecule has 0 aromatic heterocycles. The SMILES string of the molecule is CCC(C)(C#N)CCC(C)(C)OC. The molecule has 2 nitrogen and oxygen atoms in total. The lowest BCUT2D eigenvalue weighted by atomic mass is 9.81. The van der Waals surface area contributed by atoms with Crippen LogP contribution in [0.15, 0.2) is 0 Å². The van der Waals surface area contributed by atoms with Gasteiger partial charge >= 0.3 is 0 Å². The smallest absolute Gasteiger partial charge is 0.0686 e. The Morgan fingerprint density at radius 2 is 1.77 bits per heavy atom. The van der Waals surface area contributed by atoms with Crippen LogP contribution in [0, 0.1) is 16.7 Å². The van der Waals surface area contributed by atoms with Crippen LogP contribution in [0.5, 0.6) is 0 Å². The Balaban J connectivity index is 4.09. The molecule has 0 N–H and O–H groups in total. The molecule has 1 unspecified atom stereocenters. The Morgan fingerprint density at radius 1 is 1.23 bits per heavy atom. The summed E-state index contributed by atoms with van der Waals surface area (Å²) in [6.07, 6.45) is 2.74. The summed E-state index contributed by atoms with van der Waals surface area (Å²) < 4.78 is 5.31. The highest BCUT2D eigenvalue weighted by atomic mass is 16.5. The third-order valence-corrected chi connectivity index (χ3v) is 2.88. The lowest BCUT2D eigenvalue weighted by Crippen LogP contribution is -2.25. The Bertz CT molecular complexity index is 193. The molecule has 76 valence electrons. The summed E-state index contributed by atoms with van der Waals surface area (Å²) in [7, 11) is 1.72. The van der Waals surface area contributed by atoms with Crippen LogP contribution in [0.3, 0.4) is 0 Å². The Hall–Kier alpha value is -0.550. The van der Waals surface area contributed by atoms with Crippen molar-refractivity contribution in [3.8, 4) is 6.07 Å². The van der Waals surface area contributed by atoms with Gasteiger partial charge in [-0.15, -0.1) is 0 Å². The first-order chi connectivity index (χ1) is 5.89. The van der Waals surface area contributed by atoms with Gasteiger partial charge in [0, 0.05) is 7.11 Å². The third kappa shape index (κ3) is 4.28. The first-order valence-corrected chi connectivity index (χ1v) is 4.85. The lowest BCUT2D eigenvalue weighted by molar-refractivity contribution is 0.00781. The van der Waals surface area contributed by atoms with Crippen molar-refractivity contribution < 1.29 is 4.74 Å². The number of nitrogens with zero attached hydrogens (tertiary/aromatic N) is 1. The third-order valence-electron chi connectivity index (χ3n) is 2.88. The van der Waals surface area contributed by atoms with E-state index in [2.05, 4.69) is 26.8 Å². The van der Waals surface area contributed by atoms with Gasteiger partial charge in [-0.2, -0.15) is 5.26 Å². The highest BCUT2D eigenvalue weighted by molar-refractivity contribution is 4.95. The van der Waals surface area contributed by atoms with E-state index in [1.807, 2.05) is 6.92 Å². The summed E-state index contributed by atoms with van der Waals surface area (Å²) in [4.78, 5) is 0. The number of methoxy groups -OCH3 is 1. The molecule has 2 heteroatoms. The normalized spacial score (nSPS) is 16.3. The van der Waals surface area contributed by atoms with Crippen LogP contribution < -0.4 is 0 Å². The monoisotopic (exact) mass is 183 g/mol. The molecule has 0 amide bonds. The summed E-state index contributed by atoms with van der Waals surface area (Å²) >= 11 is 0. The van der Waals surface area contributed by atoms with Crippen LogP contribution >= 0.6 is 0 Å². The van der Waals surface area contributed by atoms with Gasteiger partial charge in [0.25, 0.3) is 0 Å². The highest BCUT2D eigenvalue weighted by Crippen LogP contribution is 2.30. The predicted octanol–water partition coefficient (Wildman–Crippen LogP) is 3.13. The second-order valence-corrected chi connectivity index (χ2v) is 4.49. The first kappa shape index (κ1) is 12.4. The topological polar surface area (TPSA) is 33.0 Å². The van der Waals surface area contributed by atoms with Gasteiger partial charge < -0.3 is 4.74 Å². The number of hydrogen-bond acceptors (Lipinski definition) is 2. The van der Waals surface area contributed by atoms with Gasteiger partial charge in [-0.05, 0) is 40.0 Å². The van der Waals surface area contributed by atoms with E-state index in [1.165, 1.54) is 0 Å². The maximum Gasteiger partial charge on any atom is 0.0686 e. The minimum absolute atomic E-state index is 0.104. The second-order valence-electron chi connectivity index (χ2n) is 4.49. The molecule has 0 aliphatic heterocycles. The van der Waals surface area contributed by atoms with Gasteiger partial charge in [0.2, 0.25) is 0 Å². The van der Waals surface area contributed by atoms with Gasteiger partial charge in [0.05, 0.1) is 17.1 Å². The molecule has 0 saturated carbocycles. The zero-order chi connectivity index (χ0) is 10.5. The molecular weight excluding hydrogens is 162 g/mol. The molecule has 0 aliphatic carbocycles. The van der Waals surface area contributed by atoms with Crippen molar-refractivity contribution in [2.75, 3.05) is 7.11 Å². The van der Waals surface area contributed by atoms with Crippen LogP contribution in [0.25, 0.3) is 0 Å². The minimum Gasteiger partial charge on any atom is -0.379 e. The van der Waals surface area contributed by atoms with Crippen molar-refractivity contribution >= 4 is 0 Å². The molecule has 0 radical (unpaired) electrons. The highest BCUT2D eigenvalue weighted by Gasteiger charge is 2.26. The van der Waals surface area contributed by atoms with Gasteiger partial charge in [-0.25, -0.2) is 0 Å². The van der Waals surface area contributed by atoms with Crippen molar-refractivity contribution in [1.29, 1.82) is 5.26 Å². The van der Waals surface area contributed by atoms with E-state index in [0.717, 1.165) is 19.3 Å². The van der Waals surface area contributed by atoms with Crippen molar-refractivity contribution in [1.82, 2.24) is 0 Å². The van der Waals surface area contributed by atoms with E-state index in [9.17, 15) is 0 Å². The largest absolute Gasteiger partial charge is 0.379 e. The zero-order valence-electron chi connectivity index (χ0n) is 9.48. The minimum atomic E-state index is -0.185. The van der Waals surface area contributed by atoms with Crippen LogP contribution in [0.4, 0.5) is 0 Å². The van der Waals surface area contributed by atoms with Crippen molar-refractivity contribution in [2.24, 2.45) is 5.41 Å². The average Bonchev–Trinajstić information content (AvgIpc) is 2.14. The van der Waals surface area contributed by atoms with E-state index in [1.54, 1.807) is 7.11 Å². The molecular formula is C11H21NO. The predicted molar refractivity (Wildman–Crippen MR) is 54.3 cm³/mol. The molecule has 0 heterocycles. The second kappa shape index (κ2) is 4.62. The molecule has 0 rings (SSSR count). The van der Waals surface area contributed by atoms with Gasteiger partial charge in [0.1, 0.15) is 0 Å². The Morgan fingerprint density at radius 3 is 2.08 bits per heavy atom. The Labute approximate surface area is 81.9 Å². The van der Waals surface area contributed by atoms with Crippen LogP contribution in [0.1, 0.15) is 47.0 Å². The molecule has 0 saturated heterocycles. The average molecular weight is 183 g/mol. The van der Waals surface area contributed by atoms with E-state index in [0.29, 0.717) is 0 Å². The maximum absolute atomic E-state index is 8.96. The van der Waals surface area contributed by atoms with Crippen molar-refractivity contribution in [2.45, 2.75) is 52.6 Å². The summed E-state index contributed by atoms with van der Waals surface area (Å²) in [6, 6.07) is 2.37. The first-order valence-electron chi connectivity index (χ1n) is 4.85. The molecule has 13 heavy (non-hydrogen) atoms. The number of hydrogen-bond donors (Lipinski definition) is 0. The standard InChI is InChI=1S/C11H21NO/c1-6-11(4,9-12)8-7-10(2,3)13-5/h6-8H2,1-5H3. The zero-order valence-corrected chi connectivity index (χ0v) is 9.48. The molecule has 0 fully saturated rings. The van der Waals surface area contributed by atoms with Crippen LogP contribution in [0.2, 0.25) is 0 Å². The van der Waals surface area contributed by atoms with E-state index in [4.69, 9.17) is 10.00 Å². The molecule has 0 aromatic rings. The maximum atomic E-state index is 8.96. The number of ether oxygens (including phenoxy) is 1. The molecule has 0 bridgehead atoms. The molecule has 0 spiro atoms. The van der Waals surface area contributed by atoms with Crippen LogP contribution in [-0.4, -0.2) is 12.7 Å². The van der Waals surface area contributed by atoms with E-state index >= 15 is 0 Å². The molecule has 0 aromatic carbocycles. The number of nitriles is 1. The fourth-order valence-electron chi connectivity index (χ4n) is 0.991. The summed E-state index contributed by atoms with van der Waals surface area (Å²) in [5.74, 6) is 0. The molecule has 1 atom stereocenters. The van der Waals surface area contributed by atoms with Gasteiger partial charge in [-0.1, -0.05) is 6.92 Å². The quantitative estimate of drug-likeness (QED) is 0.656. The lowest BCUT2D eigenvalue weighted by Gasteiger charge is -2.27. The Kier molecular flexibility index (Phi) is 4.43. The van der Waals surface area contributed by atoms with E-state index < -0.39 is 0 Å². The van der Waals surface area contributed by atoms with Crippen LogP contribution in [-0.2, 0) is 4.74 Å². The number of rotatable bonds is 5.